The predicted octanol–water partition coefficient (Wildman–Crippen LogP) is 3.57. The van der Waals surface area contributed by atoms with Crippen LogP contribution in [-0.2, 0) is 16.4 Å². The summed E-state index contributed by atoms with van der Waals surface area (Å²) in [4.78, 5) is 6.81. The number of piperazine rings is 1. The fraction of sp³-hybridized carbons (Fsp3) is 0.579. The molecule has 9 heteroatoms. The minimum atomic E-state index is -3.17. The van der Waals surface area contributed by atoms with E-state index in [2.05, 4.69) is 14.3 Å². The van der Waals surface area contributed by atoms with Gasteiger partial charge in [0.1, 0.15) is 5.82 Å². The molecule has 1 saturated carbocycles. The van der Waals surface area contributed by atoms with Gasteiger partial charge in [0.25, 0.3) is 0 Å². The summed E-state index contributed by atoms with van der Waals surface area (Å²) in [5, 5.41) is 1.41. The maximum absolute atomic E-state index is 12.9. The van der Waals surface area contributed by atoms with Gasteiger partial charge in [0.05, 0.1) is 5.25 Å². The Balaban J connectivity index is 1.35. The molecule has 2 aliphatic rings. The molecular formula is C19H25ClN4O2S2. The molecule has 0 spiro atoms. The Labute approximate surface area is 175 Å². The second-order valence-corrected chi connectivity index (χ2v) is 10.9. The normalized spacial score (nSPS) is 19.8. The highest BCUT2D eigenvalue weighted by molar-refractivity contribution is 7.89. The average Bonchev–Trinajstić information content (AvgIpc) is 3.19. The highest BCUT2D eigenvalue weighted by atomic mass is 35.5. The molecule has 0 unspecified atom stereocenters. The molecule has 0 radical (unpaired) electrons. The molecule has 0 bridgehead atoms. The number of nitrogens with zero attached hydrogens (tertiary/aromatic N) is 4. The van der Waals surface area contributed by atoms with E-state index in [4.69, 9.17) is 11.6 Å². The second kappa shape index (κ2) is 8.65. The predicted molar refractivity (Wildman–Crippen MR) is 114 cm³/mol. The third-order valence-corrected chi connectivity index (χ3v) is 9.04. The van der Waals surface area contributed by atoms with Crippen LogP contribution >= 0.6 is 23.1 Å². The summed E-state index contributed by atoms with van der Waals surface area (Å²) < 4.78 is 31.9. The maximum Gasteiger partial charge on any atom is 0.217 e. The van der Waals surface area contributed by atoms with E-state index in [1.54, 1.807) is 4.31 Å². The molecule has 1 saturated heterocycles. The molecule has 6 nitrogen and oxygen atoms in total. The van der Waals surface area contributed by atoms with E-state index in [0.717, 1.165) is 53.6 Å². The summed E-state index contributed by atoms with van der Waals surface area (Å²) in [6.45, 7) is 2.40. The van der Waals surface area contributed by atoms with Crippen LogP contribution < -0.4 is 4.90 Å². The molecule has 0 N–H and O–H groups in total. The van der Waals surface area contributed by atoms with Gasteiger partial charge in [-0.15, -0.1) is 0 Å². The molecule has 1 aromatic carbocycles. The van der Waals surface area contributed by atoms with E-state index in [9.17, 15) is 8.42 Å². The molecule has 4 rings (SSSR count). The first-order valence-corrected chi connectivity index (χ1v) is 12.5. The molecule has 28 heavy (non-hydrogen) atoms. The minimum Gasteiger partial charge on any atom is -0.344 e. The summed E-state index contributed by atoms with van der Waals surface area (Å²) in [5.74, 6) is 0.791. The zero-order valence-electron chi connectivity index (χ0n) is 15.8. The highest BCUT2D eigenvalue weighted by Crippen LogP contribution is 2.28. The van der Waals surface area contributed by atoms with Crippen molar-refractivity contribution in [1.82, 2.24) is 13.7 Å². The lowest BCUT2D eigenvalue weighted by molar-refractivity contribution is 0.367. The van der Waals surface area contributed by atoms with Crippen LogP contribution in [-0.4, -0.2) is 53.5 Å². The monoisotopic (exact) mass is 440 g/mol. The molecule has 1 aromatic heterocycles. The third kappa shape index (κ3) is 4.50. The van der Waals surface area contributed by atoms with Crippen molar-refractivity contribution in [2.24, 2.45) is 0 Å². The number of aromatic nitrogens is 2. The van der Waals surface area contributed by atoms with Gasteiger partial charge in [-0.1, -0.05) is 43.0 Å². The maximum atomic E-state index is 12.9. The number of benzene rings is 1. The summed E-state index contributed by atoms with van der Waals surface area (Å²) in [6, 6.07) is 7.71. The number of sulfonamides is 1. The van der Waals surface area contributed by atoms with E-state index in [1.807, 2.05) is 24.3 Å². The Bertz CT molecular complexity index is 887. The Hall–Kier alpha value is -1.22. The first-order chi connectivity index (χ1) is 13.5. The van der Waals surface area contributed by atoms with Crippen LogP contribution in [0, 0.1) is 0 Å². The molecule has 1 aliphatic heterocycles. The lowest BCUT2D eigenvalue weighted by atomic mass is 10.0. The van der Waals surface area contributed by atoms with Crippen molar-refractivity contribution in [3.8, 4) is 0 Å². The van der Waals surface area contributed by atoms with Crippen molar-refractivity contribution in [3.05, 3.63) is 40.7 Å². The first-order valence-electron chi connectivity index (χ1n) is 9.83. The quantitative estimate of drug-likeness (QED) is 0.711. The van der Waals surface area contributed by atoms with Gasteiger partial charge >= 0.3 is 0 Å². The SMILES string of the molecule is O=S(=O)(C1CCCCC1)N1CCN(c2nc(Cc3ccc(Cl)cc3)ns2)CC1. The van der Waals surface area contributed by atoms with Crippen LogP contribution in [0.25, 0.3) is 0 Å². The van der Waals surface area contributed by atoms with Crippen molar-refractivity contribution in [3.63, 3.8) is 0 Å². The minimum absolute atomic E-state index is 0.180. The zero-order chi connectivity index (χ0) is 19.6. The van der Waals surface area contributed by atoms with Gasteiger partial charge in [0.2, 0.25) is 15.2 Å². The van der Waals surface area contributed by atoms with E-state index >= 15 is 0 Å². The molecule has 2 heterocycles. The van der Waals surface area contributed by atoms with Crippen molar-refractivity contribution >= 4 is 38.3 Å². The smallest absolute Gasteiger partial charge is 0.217 e. The van der Waals surface area contributed by atoms with Crippen molar-refractivity contribution < 1.29 is 8.42 Å². The molecule has 2 fully saturated rings. The third-order valence-electron chi connectivity index (χ3n) is 5.58. The van der Waals surface area contributed by atoms with E-state index in [1.165, 1.54) is 11.5 Å². The van der Waals surface area contributed by atoms with Crippen molar-refractivity contribution in [2.45, 2.75) is 43.8 Å². The Morgan fingerprint density at radius 2 is 1.71 bits per heavy atom. The van der Waals surface area contributed by atoms with Gasteiger partial charge in [0.15, 0.2) is 0 Å². The first kappa shape index (κ1) is 20.1. The average molecular weight is 441 g/mol. The van der Waals surface area contributed by atoms with Crippen LogP contribution in [0.1, 0.15) is 43.5 Å². The van der Waals surface area contributed by atoms with Crippen LogP contribution in [0.4, 0.5) is 5.13 Å². The molecule has 152 valence electrons. The lowest BCUT2D eigenvalue weighted by Gasteiger charge is -2.36. The van der Waals surface area contributed by atoms with Gasteiger partial charge in [-0.05, 0) is 30.5 Å². The zero-order valence-corrected chi connectivity index (χ0v) is 18.1. The standard InChI is InChI=1S/C19H25ClN4O2S2/c20-16-8-6-15(7-9-16)14-18-21-19(27-22-18)23-10-12-24(13-11-23)28(25,26)17-4-2-1-3-5-17/h6-9,17H,1-5,10-14H2. The summed E-state index contributed by atoms with van der Waals surface area (Å²) >= 11 is 7.32. The molecule has 0 atom stereocenters. The summed E-state index contributed by atoms with van der Waals surface area (Å²) in [5.41, 5.74) is 1.12. The van der Waals surface area contributed by atoms with Crippen LogP contribution in [0.15, 0.2) is 24.3 Å². The van der Waals surface area contributed by atoms with Crippen LogP contribution in [0.5, 0.6) is 0 Å². The molecular weight excluding hydrogens is 416 g/mol. The fourth-order valence-corrected chi connectivity index (χ4v) is 6.82. The fourth-order valence-electron chi connectivity index (χ4n) is 3.94. The van der Waals surface area contributed by atoms with Gasteiger partial charge < -0.3 is 4.90 Å². The van der Waals surface area contributed by atoms with Gasteiger partial charge in [-0.3, -0.25) is 0 Å². The summed E-state index contributed by atoms with van der Waals surface area (Å²) in [7, 11) is -3.17. The van der Waals surface area contributed by atoms with E-state index < -0.39 is 10.0 Å². The Morgan fingerprint density at radius 3 is 2.39 bits per heavy atom. The van der Waals surface area contributed by atoms with Gasteiger partial charge in [0, 0.05) is 49.2 Å². The van der Waals surface area contributed by atoms with E-state index in [-0.39, 0.29) is 5.25 Å². The van der Waals surface area contributed by atoms with Gasteiger partial charge in [-0.2, -0.15) is 8.68 Å². The topological polar surface area (TPSA) is 66.4 Å². The van der Waals surface area contributed by atoms with Crippen LogP contribution in [0.3, 0.4) is 0 Å². The number of halogens is 1. The Morgan fingerprint density at radius 1 is 1.04 bits per heavy atom. The second-order valence-electron chi connectivity index (χ2n) is 7.49. The number of anilines is 1. The lowest BCUT2D eigenvalue weighted by Crippen LogP contribution is -2.51. The van der Waals surface area contributed by atoms with Crippen molar-refractivity contribution in [2.75, 3.05) is 31.1 Å². The Kier molecular flexibility index (Phi) is 6.20. The van der Waals surface area contributed by atoms with Crippen LogP contribution in [0.2, 0.25) is 5.02 Å². The largest absolute Gasteiger partial charge is 0.344 e. The molecule has 1 aliphatic carbocycles. The van der Waals surface area contributed by atoms with E-state index in [0.29, 0.717) is 32.6 Å². The number of hydrogen-bond donors (Lipinski definition) is 0. The van der Waals surface area contributed by atoms with Gasteiger partial charge in [-0.25, -0.2) is 13.4 Å². The molecule has 2 aromatic rings. The van der Waals surface area contributed by atoms with Crippen molar-refractivity contribution in [1.29, 1.82) is 0 Å². The summed E-state index contributed by atoms with van der Waals surface area (Å²) in [6.07, 6.45) is 5.52. The molecule has 0 amide bonds. The number of hydrogen-bond acceptors (Lipinski definition) is 6. The number of rotatable bonds is 5. The highest BCUT2D eigenvalue weighted by Gasteiger charge is 2.35.